The third-order valence-electron chi connectivity index (χ3n) is 3.38. The van der Waals surface area contributed by atoms with Crippen molar-refractivity contribution in [2.24, 2.45) is 11.7 Å². The molecule has 1 atom stereocenters. The van der Waals surface area contributed by atoms with Crippen molar-refractivity contribution >= 4 is 35.9 Å². The van der Waals surface area contributed by atoms with E-state index in [-0.39, 0.29) is 30.8 Å². The highest BCUT2D eigenvalue weighted by Crippen LogP contribution is 2.17. The van der Waals surface area contributed by atoms with Gasteiger partial charge in [-0.1, -0.05) is 19.9 Å². The fourth-order valence-corrected chi connectivity index (χ4v) is 1.78. The quantitative estimate of drug-likeness (QED) is 0.663. The van der Waals surface area contributed by atoms with Gasteiger partial charge in [-0.05, 0) is 30.5 Å². The molecular formula is C16H24ClN3O4. The summed E-state index contributed by atoms with van der Waals surface area (Å²) in [6.07, 6.45) is 0. The number of carbonyl (C=O) groups excluding carboxylic acids is 3. The molecule has 1 aromatic rings. The number of anilines is 1. The Morgan fingerprint density at radius 2 is 1.88 bits per heavy atom. The largest absolute Gasteiger partial charge is 0.465 e. The molecule has 1 aromatic carbocycles. The normalized spacial score (nSPS) is 11.2. The van der Waals surface area contributed by atoms with Crippen LogP contribution in [0.2, 0.25) is 0 Å². The first kappa shape index (κ1) is 21.9. The molecule has 8 heteroatoms. The van der Waals surface area contributed by atoms with Crippen LogP contribution in [-0.2, 0) is 14.3 Å². The van der Waals surface area contributed by atoms with E-state index in [1.165, 1.54) is 13.2 Å². The van der Waals surface area contributed by atoms with Gasteiger partial charge in [0.25, 0.3) is 0 Å². The molecule has 0 aliphatic carbocycles. The van der Waals surface area contributed by atoms with Gasteiger partial charge >= 0.3 is 5.97 Å². The van der Waals surface area contributed by atoms with Crippen molar-refractivity contribution in [3.05, 3.63) is 29.3 Å². The molecule has 4 N–H and O–H groups in total. The Bertz CT molecular complexity index is 605. The molecule has 0 spiro atoms. The van der Waals surface area contributed by atoms with Crippen molar-refractivity contribution in [1.82, 2.24) is 5.32 Å². The molecule has 0 aromatic heterocycles. The number of methoxy groups -OCH3 is 1. The van der Waals surface area contributed by atoms with E-state index in [0.717, 1.165) is 5.56 Å². The zero-order chi connectivity index (χ0) is 17.6. The van der Waals surface area contributed by atoms with Crippen LogP contribution in [0, 0.1) is 12.8 Å². The standard InChI is InChI=1S/C16H23N3O4.ClH/c1-9(2)14(17)15(21)18-8-13(20)19-12-7-11(16(22)23-4)6-5-10(12)3;/h5-7,9,14H,8,17H2,1-4H3,(H,18,21)(H,19,20);1H/t14-;/m0./s1. The number of carbonyl (C=O) groups is 3. The van der Waals surface area contributed by atoms with Gasteiger partial charge in [0.2, 0.25) is 11.8 Å². The van der Waals surface area contributed by atoms with E-state index < -0.39 is 17.9 Å². The highest BCUT2D eigenvalue weighted by atomic mass is 35.5. The first-order valence-corrected chi connectivity index (χ1v) is 7.28. The van der Waals surface area contributed by atoms with Crippen LogP contribution in [0.15, 0.2) is 18.2 Å². The average Bonchev–Trinajstić information content (AvgIpc) is 2.52. The summed E-state index contributed by atoms with van der Waals surface area (Å²) in [6, 6.07) is 4.18. The monoisotopic (exact) mass is 357 g/mol. The molecule has 0 aliphatic rings. The number of hydrogen-bond acceptors (Lipinski definition) is 5. The molecule has 2 amide bonds. The molecular weight excluding hydrogens is 334 g/mol. The highest BCUT2D eigenvalue weighted by Gasteiger charge is 2.18. The lowest BCUT2D eigenvalue weighted by Crippen LogP contribution is -2.46. The molecule has 0 bridgehead atoms. The molecule has 24 heavy (non-hydrogen) atoms. The molecule has 0 heterocycles. The van der Waals surface area contributed by atoms with Gasteiger partial charge in [-0.2, -0.15) is 0 Å². The van der Waals surface area contributed by atoms with Crippen molar-refractivity contribution in [2.75, 3.05) is 19.0 Å². The van der Waals surface area contributed by atoms with E-state index in [1.54, 1.807) is 19.1 Å². The number of aryl methyl sites for hydroxylation is 1. The minimum atomic E-state index is -0.660. The van der Waals surface area contributed by atoms with Crippen LogP contribution in [0.25, 0.3) is 0 Å². The smallest absolute Gasteiger partial charge is 0.337 e. The number of benzene rings is 1. The molecule has 0 saturated carbocycles. The average molecular weight is 358 g/mol. The fourth-order valence-electron chi connectivity index (χ4n) is 1.78. The molecule has 1 rings (SSSR count). The van der Waals surface area contributed by atoms with Crippen molar-refractivity contribution in [3.8, 4) is 0 Å². The van der Waals surface area contributed by atoms with E-state index in [1.807, 2.05) is 13.8 Å². The predicted molar refractivity (Wildman–Crippen MR) is 94.2 cm³/mol. The summed E-state index contributed by atoms with van der Waals surface area (Å²) in [4.78, 5) is 35.2. The zero-order valence-corrected chi connectivity index (χ0v) is 15.0. The van der Waals surface area contributed by atoms with Gasteiger partial charge in [0.05, 0.1) is 25.3 Å². The van der Waals surface area contributed by atoms with Crippen LogP contribution in [0.1, 0.15) is 29.8 Å². The number of amides is 2. The Morgan fingerprint density at radius 3 is 2.42 bits per heavy atom. The van der Waals surface area contributed by atoms with Crippen molar-refractivity contribution in [3.63, 3.8) is 0 Å². The maximum Gasteiger partial charge on any atom is 0.337 e. The summed E-state index contributed by atoms with van der Waals surface area (Å²) in [5.74, 6) is -1.29. The van der Waals surface area contributed by atoms with Crippen molar-refractivity contribution < 1.29 is 19.1 Å². The minimum absolute atomic E-state index is 0. The summed E-state index contributed by atoms with van der Waals surface area (Å²) in [6.45, 7) is 5.25. The lowest BCUT2D eigenvalue weighted by molar-refractivity contribution is -0.125. The van der Waals surface area contributed by atoms with Crippen LogP contribution in [0.3, 0.4) is 0 Å². The molecule has 7 nitrogen and oxygen atoms in total. The van der Waals surface area contributed by atoms with Crippen LogP contribution >= 0.6 is 12.4 Å². The minimum Gasteiger partial charge on any atom is -0.465 e. The third kappa shape index (κ3) is 6.17. The number of nitrogens with two attached hydrogens (primary N) is 1. The summed E-state index contributed by atoms with van der Waals surface area (Å²) >= 11 is 0. The molecule has 0 fully saturated rings. The Balaban J connectivity index is 0.00000529. The predicted octanol–water partition coefficient (Wildman–Crippen LogP) is 1.24. The van der Waals surface area contributed by atoms with Gasteiger partial charge in [0.15, 0.2) is 0 Å². The number of ether oxygens (including phenoxy) is 1. The molecule has 0 aliphatic heterocycles. The number of rotatable bonds is 6. The van der Waals surface area contributed by atoms with E-state index in [4.69, 9.17) is 5.73 Å². The lowest BCUT2D eigenvalue weighted by atomic mass is 10.1. The SMILES string of the molecule is COC(=O)c1ccc(C)c(NC(=O)CNC(=O)[C@@H](N)C(C)C)c1.Cl. The van der Waals surface area contributed by atoms with Crippen molar-refractivity contribution in [2.45, 2.75) is 26.8 Å². The number of hydrogen-bond donors (Lipinski definition) is 3. The molecule has 0 radical (unpaired) electrons. The number of nitrogens with one attached hydrogen (secondary N) is 2. The summed E-state index contributed by atoms with van der Waals surface area (Å²) < 4.78 is 4.64. The first-order chi connectivity index (χ1) is 10.8. The fraction of sp³-hybridized carbons (Fsp3) is 0.438. The first-order valence-electron chi connectivity index (χ1n) is 7.28. The second-order valence-electron chi connectivity index (χ2n) is 5.56. The number of halogens is 1. The highest BCUT2D eigenvalue weighted by molar-refractivity contribution is 5.97. The van der Waals surface area contributed by atoms with E-state index in [2.05, 4.69) is 15.4 Å². The maximum atomic E-state index is 11.9. The number of esters is 1. The molecule has 0 saturated heterocycles. The zero-order valence-electron chi connectivity index (χ0n) is 14.2. The Labute approximate surface area is 147 Å². The van der Waals surface area contributed by atoms with Gasteiger partial charge in [0.1, 0.15) is 0 Å². The molecule has 0 unspecified atom stereocenters. The van der Waals surface area contributed by atoms with E-state index in [9.17, 15) is 14.4 Å². The Kier molecular flexibility index (Phi) is 9.02. The Hall–Kier alpha value is -2.12. The summed E-state index contributed by atoms with van der Waals surface area (Å²) in [5.41, 5.74) is 7.30. The van der Waals surface area contributed by atoms with E-state index in [0.29, 0.717) is 11.3 Å². The maximum absolute atomic E-state index is 11.9. The second-order valence-corrected chi connectivity index (χ2v) is 5.56. The summed E-state index contributed by atoms with van der Waals surface area (Å²) in [5, 5.41) is 5.14. The van der Waals surface area contributed by atoms with Gasteiger partial charge in [-0.3, -0.25) is 9.59 Å². The topological polar surface area (TPSA) is 111 Å². The van der Waals surface area contributed by atoms with Gasteiger partial charge < -0.3 is 21.1 Å². The van der Waals surface area contributed by atoms with Crippen molar-refractivity contribution in [1.29, 1.82) is 0 Å². The molecule has 134 valence electrons. The second kappa shape index (κ2) is 9.89. The van der Waals surface area contributed by atoms with Gasteiger partial charge in [-0.15, -0.1) is 12.4 Å². The third-order valence-corrected chi connectivity index (χ3v) is 3.38. The van der Waals surface area contributed by atoms with Gasteiger partial charge in [-0.25, -0.2) is 4.79 Å². The van der Waals surface area contributed by atoms with Crippen LogP contribution in [-0.4, -0.2) is 37.5 Å². The Morgan fingerprint density at radius 1 is 1.25 bits per heavy atom. The van der Waals surface area contributed by atoms with Gasteiger partial charge in [0, 0.05) is 5.69 Å². The van der Waals surface area contributed by atoms with Crippen LogP contribution < -0.4 is 16.4 Å². The van der Waals surface area contributed by atoms with Crippen LogP contribution in [0.5, 0.6) is 0 Å². The van der Waals surface area contributed by atoms with Crippen LogP contribution in [0.4, 0.5) is 5.69 Å². The van der Waals surface area contributed by atoms with E-state index >= 15 is 0 Å². The summed E-state index contributed by atoms with van der Waals surface area (Å²) in [7, 11) is 1.29. The lowest BCUT2D eigenvalue weighted by Gasteiger charge is -2.15.